The fraction of sp³-hybridized carbons (Fsp3) is 0.625. The maximum atomic E-state index is 3.47. The van der Waals surface area contributed by atoms with Gasteiger partial charge in [-0.05, 0) is 57.4 Å². The quantitative estimate of drug-likeness (QED) is 0.892. The number of likely N-dealkylation sites (tertiary alicyclic amines) is 1. The van der Waals surface area contributed by atoms with E-state index in [1.54, 1.807) is 0 Å². The molecule has 2 rings (SSSR count). The maximum Gasteiger partial charge on any atom is 0.0233 e. The molecule has 2 nitrogen and oxygen atoms in total. The molecule has 1 aliphatic heterocycles. The van der Waals surface area contributed by atoms with E-state index in [1.807, 2.05) is 0 Å². The van der Waals surface area contributed by atoms with Crippen LogP contribution in [0.3, 0.4) is 0 Å². The van der Waals surface area contributed by atoms with Crippen molar-refractivity contribution < 1.29 is 0 Å². The largest absolute Gasteiger partial charge is 0.317 e. The zero-order chi connectivity index (χ0) is 12.8. The van der Waals surface area contributed by atoms with Crippen LogP contribution in [-0.4, -0.2) is 31.1 Å². The molecule has 1 saturated heterocycles. The van der Waals surface area contributed by atoms with Gasteiger partial charge in [0.25, 0.3) is 0 Å². The highest BCUT2D eigenvalue weighted by Crippen LogP contribution is 2.18. The Labute approximate surface area is 124 Å². The number of piperidine rings is 1. The van der Waals surface area contributed by atoms with Gasteiger partial charge < -0.3 is 5.32 Å². The Bertz CT molecular complexity index is 360. The van der Waals surface area contributed by atoms with Crippen molar-refractivity contribution in [2.45, 2.75) is 33.2 Å². The van der Waals surface area contributed by atoms with E-state index in [1.165, 1.54) is 43.6 Å². The first-order valence-electron chi connectivity index (χ1n) is 7.26. The molecule has 3 heteroatoms. The van der Waals surface area contributed by atoms with Crippen molar-refractivity contribution in [1.29, 1.82) is 0 Å². The SMILES string of the molecule is CCNCC1CCN(Cc2cccc(C)c2)CC1.Cl. The van der Waals surface area contributed by atoms with Gasteiger partial charge in [0.15, 0.2) is 0 Å². The van der Waals surface area contributed by atoms with Gasteiger partial charge in [-0.2, -0.15) is 0 Å². The monoisotopic (exact) mass is 282 g/mol. The minimum atomic E-state index is 0. The highest BCUT2D eigenvalue weighted by Gasteiger charge is 2.18. The van der Waals surface area contributed by atoms with Crippen molar-refractivity contribution in [2.24, 2.45) is 5.92 Å². The summed E-state index contributed by atoms with van der Waals surface area (Å²) >= 11 is 0. The van der Waals surface area contributed by atoms with Gasteiger partial charge in [-0.25, -0.2) is 0 Å². The van der Waals surface area contributed by atoms with Crippen LogP contribution in [0.4, 0.5) is 0 Å². The number of hydrogen-bond donors (Lipinski definition) is 1. The first-order chi connectivity index (χ1) is 8.78. The topological polar surface area (TPSA) is 15.3 Å². The fourth-order valence-electron chi connectivity index (χ4n) is 2.77. The molecule has 1 heterocycles. The molecule has 0 atom stereocenters. The van der Waals surface area contributed by atoms with Gasteiger partial charge in [0.2, 0.25) is 0 Å². The first kappa shape index (κ1) is 16.5. The van der Waals surface area contributed by atoms with Gasteiger partial charge in [-0.15, -0.1) is 12.4 Å². The van der Waals surface area contributed by atoms with Crippen LogP contribution in [-0.2, 0) is 6.54 Å². The molecule has 0 bridgehead atoms. The van der Waals surface area contributed by atoms with Crippen molar-refractivity contribution in [2.75, 3.05) is 26.2 Å². The number of aryl methyl sites for hydroxylation is 1. The van der Waals surface area contributed by atoms with Gasteiger partial charge in [0.1, 0.15) is 0 Å². The predicted molar refractivity (Wildman–Crippen MR) is 85.0 cm³/mol. The second-order valence-corrected chi connectivity index (χ2v) is 5.52. The van der Waals surface area contributed by atoms with E-state index >= 15 is 0 Å². The lowest BCUT2D eigenvalue weighted by molar-refractivity contribution is 0.176. The normalized spacial score (nSPS) is 17.2. The maximum absolute atomic E-state index is 3.47. The summed E-state index contributed by atoms with van der Waals surface area (Å²) in [6.45, 7) is 10.3. The van der Waals surface area contributed by atoms with Crippen molar-refractivity contribution in [3.05, 3.63) is 35.4 Å². The van der Waals surface area contributed by atoms with Crippen LogP contribution in [0, 0.1) is 12.8 Å². The van der Waals surface area contributed by atoms with Crippen LogP contribution < -0.4 is 5.32 Å². The Morgan fingerprint density at radius 1 is 1.26 bits per heavy atom. The number of nitrogens with one attached hydrogen (secondary N) is 1. The molecular weight excluding hydrogens is 256 g/mol. The third-order valence-corrected chi connectivity index (χ3v) is 3.88. The number of halogens is 1. The average molecular weight is 283 g/mol. The number of nitrogens with zero attached hydrogens (tertiary/aromatic N) is 1. The zero-order valence-electron chi connectivity index (χ0n) is 12.2. The minimum Gasteiger partial charge on any atom is -0.317 e. The summed E-state index contributed by atoms with van der Waals surface area (Å²) in [6, 6.07) is 8.90. The molecule has 0 saturated carbocycles. The van der Waals surface area contributed by atoms with Crippen LogP contribution in [0.2, 0.25) is 0 Å². The van der Waals surface area contributed by atoms with Crippen LogP contribution >= 0.6 is 12.4 Å². The van der Waals surface area contributed by atoms with Gasteiger partial charge >= 0.3 is 0 Å². The lowest BCUT2D eigenvalue weighted by atomic mass is 9.96. The van der Waals surface area contributed by atoms with Crippen molar-refractivity contribution in [3.63, 3.8) is 0 Å². The van der Waals surface area contributed by atoms with Crippen molar-refractivity contribution in [3.8, 4) is 0 Å². The molecule has 1 aromatic rings. The average Bonchev–Trinajstić information content (AvgIpc) is 2.38. The van der Waals surface area contributed by atoms with Gasteiger partial charge in [-0.1, -0.05) is 36.8 Å². The van der Waals surface area contributed by atoms with Gasteiger partial charge in [-0.3, -0.25) is 4.90 Å². The molecule has 0 unspecified atom stereocenters. The summed E-state index contributed by atoms with van der Waals surface area (Å²) in [5.41, 5.74) is 2.83. The van der Waals surface area contributed by atoms with Gasteiger partial charge in [0.05, 0.1) is 0 Å². The highest BCUT2D eigenvalue weighted by atomic mass is 35.5. The summed E-state index contributed by atoms with van der Waals surface area (Å²) in [7, 11) is 0. The summed E-state index contributed by atoms with van der Waals surface area (Å²) in [6.07, 6.45) is 2.69. The molecule has 0 aliphatic carbocycles. The summed E-state index contributed by atoms with van der Waals surface area (Å²) < 4.78 is 0. The molecule has 19 heavy (non-hydrogen) atoms. The second-order valence-electron chi connectivity index (χ2n) is 5.52. The van der Waals surface area contributed by atoms with Crippen LogP contribution in [0.1, 0.15) is 30.9 Å². The van der Waals surface area contributed by atoms with E-state index in [2.05, 4.69) is 48.3 Å². The smallest absolute Gasteiger partial charge is 0.0233 e. The number of rotatable bonds is 5. The lowest BCUT2D eigenvalue weighted by Crippen LogP contribution is -2.36. The molecule has 1 fully saturated rings. The highest BCUT2D eigenvalue weighted by molar-refractivity contribution is 5.85. The Morgan fingerprint density at radius 2 is 2.00 bits per heavy atom. The molecule has 1 aromatic carbocycles. The van der Waals surface area contributed by atoms with Crippen LogP contribution in [0.15, 0.2) is 24.3 Å². The summed E-state index contributed by atoms with van der Waals surface area (Å²) in [4.78, 5) is 2.59. The molecule has 0 amide bonds. The van der Waals surface area contributed by atoms with E-state index in [4.69, 9.17) is 0 Å². The summed E-state index contributed by atoms with van der Waals surface area (Å²) in [5.74, 6) is 0.888. The van der Waals surface area contributed by atoms with E-state index in [0.29, 0.717) is 0 Å². The molecular formula is C16H27ClN2. The first-order valence-corrected chi connectivity index (χ1v) is 7.26. The predicted octanol–water partition coefficient (Wildman–Crippen LogP) is 3.24. The molecule has 1 N–H and O–H groups in total. The Morgan fingerprint density at radius 3 is 2.63 bits per heavy atom. The lowest BCUT2D eigenvalue weighted by Gasteiger charge is -2.32. The zero-order valence-corrected chi connectivity index (χ0v) is 13.0. The van der Waals surface area contributed by atoms with E-state index in [9.17, 15) is 0 Å². The molecule has 1 aliphatic rings. The molecule has 108 valence electrons. The summed E-state index contributed by atoms with van der Waals surface area (Å²) in [5, 5.41) is 3.47. The number of benzene rings is 1. The van der Waals surface area contributed by atoms with Crippen molar-refractivity contribution >= 4 is 12.4 Å². The third-order valence-electron chi connectivity index (χ3n) is 3.88. The minimum absolute atomic E-state index is 0. The standard InChI is InChI=1S/C16H26N2.ClH/c1-3-17-12-15-7-9-18(10-8-15)13-16-6-4-5-14(2)11-16;/h4-6,11,15,17H,3,7-10,12-13H2,1-2H3;1H. The van der Waals surface area contributed by atoms with Crippen LogP contribution in [0.25, 0.3) is 0 Å². The van der Waals surface area contributed by atoms with E-state index < -0.39 is 0 Å². The van der Waals surface area contributed by atoms with E-state index in [-0.39, 0.29) is 12.4 Å². The van der Waals surface area contributed by atoms with Gasteiger partial charge in [0, 0.05) is 6.54 Å². The molecule has 0 aromatic heterocycles. The van der Waals surface area contributed by atoms with Crippen molar-refractivity contribution in [1.82, 2.24) is 10.2 Å². The Kier molecular flexibility index (Phi) is 7.44. The fourth-order valence-corrected chi connectivity index (χ4v) is 2.77. The number of hydrogen-bond acceptors (Lipinski definition) is 2. The molecule has 0 radical (unpaired) electrons. The van der Waals surface area contributed by atoms with Crippen LogP contribution in [0.5, 0.6) is 0 Å². The second kappa shape index (κ2) is 8.57. The molecule has 0 spiro atoms. The van der Waals surface area contributed by atoms with E-state index in [0.717, 1.165) is 19.0 Å². The Hall–Kier alpha value is -0.570. The third kappa shape index (κ3) is 5.52. The Balaban J connectivity index is 0.00000180.